The van der Waals surface area contributed by atoms with Crippen molar-refractivity contribution in [3.63, 3.8) is 0 Å². The predicted octanol–water partition coefficient (Wildman–Crippen LogP) is 5.55. The van der Waals surface area contributed by atoms with E-state index in [0.717, 1.165) is 34.2 Å². The number of benzene rings is 3. The molecular weight excluding hydrogens is 448 g/mol. The molecule has 2 amide bonds. The molecule has 0 saturated carbocycles. The normalized spacial score (nSPS) is 12.5. The zero-order chi connectivity index (χ0) is 26.1. The number of hydrogen-bond donors (Lipinski definition) is 1. The number of carbonyl (C=O) groups is 2. The summed E-state index contributed by atoms with van der Waals surface area (Å²) in [4.78, 5) is 28.9. The van der Waals surface area contributed by atoms with Crippen LogP contribution in [0.1, 0.15) is 48.1 Å². The monoisotopic (exact) mass is 486 g/mol. The second-order valence-electron chi connectivity index (χ2n) is 9.65. The predicted molar refractivity (Wildman–Crippen MR) is 145 cm³/mol. The molecule has 2 unspecified atom stereocenters. The molecule has 190 valence electrons. The molecule has 0 fully saturated rings. The molecule has 5 nitrogen and oxygen atoms in total. The van der Waals surface area contributed by atoms with Gasteiger partial charge in [0.15, 0.2) is 6.61 Å². The fourth-order valence-corrected chi connectivity index (χ4v) is 4.25. The highest BCUT2D eigenvalue weighted by molar-refractivity contribution is 5.88. The quantitative estimate of drug-likeness (QED) is 0.387. The van der Waals surface area contributed by atoms with Crippen LogP contribution in [0.3, 0.4) is 0 Å². The zero-order valence-electron chi connectivity index (χ0n) is 22.1. The van der Waals surface area contributed by atoms with Gasteiger partial charge in [-0.15, -0.1) is 0 Å². The third-order valence-corrected chi connectivity index (χ3v) is 6.27. The van der Waals surface area contributed by atoms with Gasteiger partial charge in [-0.3, -0.25) is 9.59 Å². The lowest BCUT2D eigenvalue weighted by Gasteiger charge is -2.32. The van der Waals surface area contributed by atoms with Gasteiger partial charge in [-0.05, 0) is 68.5 Å². The van der Waals surface area contributed by atoms with Gasteiger partial charge in [0, 0.05) is 19.0 Å². The molecule has 0 saturated heterocycles. The molecule has 0 aromatic heterocycles. The number of nitrogens with one attached hydrogen (secondary N) is 1. The summed E-state index contributed by atoms with van der Waals surface area (Å²) >= 11 is 0. The van der Waals surface area contributed by atoms with Crippen molar-refractivity contribution in [3.8, 4) is 5.75 Å². The van der Waals surface area contributed by atoms with Crippen molar-refractivity contribution in [3.05, 3.63) is 101 Å². The molecular formula is C31H38N2O3. The molecule has 36 heavy (non-hydrogen) atoms. The van der Waals surface area contributed by atoms with Crippen LogP contribution in [-0.2, 0) is 22.6 Å². The van der Waals surface area contributed by atoms with E-state index in [1.54, 1.807) is 4.90 Å². The van der Waals surface area contributed by atoms with Crippen molar-refractivity contribution in [2.45, 2.75) is 66.1 Å². The highest BCUT2D eigenvalue weighted by Gasteiger charge is 2.31. The Hall–Kier alpha value is -3.60. The molecule has 0 aliphatic heterocycles. The largest absolute Gasteiger partial charge is 0.484 e. The summed E-state index contributed by atoms with van der Waals surface area (Å²) in [6, 6.07) is 23.1. The minimum Gasteiger partial charge on any atom is -0.484 e. The molecule has 3 aromatic carbocycles. The Balaban J connectivity index is 1.92. The number of rotatable bonds is 11. The number of aryl methyl sites for hydroxylation is 3. The van der Waals surface area contributed by atoms with Gasteiger partial charge in [-0.25, -0.2) is 0 Å². The number of nitrogens with zero attached hydrogens (tertiary/aromatic N) is 1. The maximum absolute atomic E-state index is 13.7. The lowest BCUT2D eigenvalue weighted by atomic mass is 10.0. The van der Waals surface area contributed by atoms with E-state index >= 15 is 0 Å². The van der Waals surface area contributed by atoms with Crippen molar-refractivity contribution in [2.75, 3.05) is 6.61 Å². The molecule has 3 rings (SSSR count). The Kier molecular flexibility index (Phi) is 9.69. The van der Waals surface area contributed by atoms with Crippen LogP contribution < -0.4 is 10.1 Å². The fourth-order valence-electron chi connectivity index (χ4n) is 4.25. The Morgan fingerprint density at radius 3 is 2.17 bits per heavy atom. The van der Waals surface area contributed by atoms with Gasteiger partial charge in [0.1, 0.15) is 11.8 Å². The van der Waals surface area contributed by atoms with Gasteiger partial charge in [0.05, 0.1) is 0 Å². The summed E-state index contributed by atoms with van der Waals surface area (Å²) in [5.41, 5.74) is 5.23. The maximum atomic E-state index is 13.7. The van der Waals surface area contributed by atoms with Crippen LogP contribution in [-0.4, -0.2) is 35.4 Å². The SMILES string of the molecule is CCC(C)NC(=O)C(Cc1ccccc1)N(Cc1cccc(C)c1)C(=O)COc1cc(C)cc(C)c1. The summed E-state index contributed by atoms with van der Waals surface area (Å²) in [6.45, 7) is 10.2. The standard InChI is InChI=1S/C31H38N2O3/c1-6-25(5)32-31(35)29(19-26-12-8-7-9-13-26)33(20-27-14-10-11-22(2)16-27)30(34)21-36-28-17-23(3)15-24(4)18-28/h7-18,25,29H,6,19-21H2,1-5H3,(H,32,35). The van der Waals surface area contributed by atoms with Crippen LogP contribution in [0.25, 0.3) is 0 Å². The van der Waals surface area contributed by atoms with Crippen LogP contribution in [0.2, 0.25) is 0 Å². The topological polar surface area (TPSA) is 58.6 Å². The van der Waals surface area contributed by atoms with Crippen LogP contribution in [0.5, 0.6) is 5.75 Å². The van der Waals surface area contributed by atoms with Crippen LogP contribution in [0, 0.1) is 20.8 Å². The summed E-state index contributed by atoms with van der Waals surface area (Å²) in [6.07, 6.45) is 1.23. The van der Waals surface area contributed by atoms with Crippen molar-refractivity contribution in [1.82, 2.24) is 10.2 Å². The first-order valence-corrected chi connectivity index (χ1v) is 12.7. The number of hydrogen-bond acceptors (Lipinski definition) is 3. The fraction of sp³-hybridized carbons (Fsp3) is 0.355. The summed E-state index contributed by atoms with van der Waals surface area (Å²) < 4.78 is 5.93. The molecule has 0 spiro atoms. The first kappa shape index (κ1) is 27.0. The smallest absolute Gasteiger partial charge is 0.261 e. The van der Waals surface area contributed by atoms with Crippen molar-refractivity contribution in [2.24, 2.45) is 0 Å². The van der Waals surface area contributed by atoms with Crippen molar-refractivity contribution < 1.29 is 14.3 Å². The molecule has 3 aromatic rings. The van der Waals surface area contributed by atoms with Gasteiger partial charge in [-0.1, -0.05) is 73.2 Å². The third kappa shape index (κ3) is 7.98. The van der Waals surface area contributed by atoms with E-state index in [1.807, 2.05) is 95.3 Å². The first-order valence-electron chi connectivity index (χ1n) is 12.7. The highest BCUT2D eigenvalue weighted by atomic mass is 16.5. The summed E-state index contributed by atoms with van der Waals surface area (Å²) in [5, 5.41) is 3.10. The van der Waals surface area contributed by atoms with E-state index in [1.165, 1.54) is 0 Å². The molecule has 1 N–H and O–H groups in total. The lowest BCUT2D eigenvalue weighted by Crippen LogP contribution is -2.53. The molecule has 0 bridgehead atoms. The van der Waals surface area contributed by atoms with Crippen LogP contribution in [0.15, 0.2) is 72.8 Å². The summed E-state index contributed by atoms with van der Waals surface area (Å²) in [7, 11) is 0. The highest BCUT2D eigenvalue weighted by Crippen LogP contribution is 2.19. The minimum atomic E-state index is -0.669. The van der Waals surface area contributed by atoms with E-state index in [2.05, 4.69) is 17.4 Å². The van der Waals surface area contributed by atoms with Gasteiger partial charge < -0.3 is 15.0 Å². The first-order chi connectivity index (χ1) is 17.2. The average molecular weight is 487 g/mol. The van der Waals surface area contributed by atoms with E-state index in [-0.39, 0.29) is 24.5 Å². The Bertz CT molecular complexity index is 1140. The number of ether oxygens (including phenoxy) is 1. The molecule has 0 heterocycles. The van der Waals surface area contributed by atoms with Gasteiger partial charge >= 0.3 is 0 Å². The average Bonchev–Trinajstić information content (AvgIpc) is 2.84. The van der Waals surface area contributed by atoms with E-state index in [9.17, 15) is 9.59 Å². The lowest BCUT2D eigenvalue weighted by molar-refractivity contribution is -0.143. The second kappa shape index (κ2) is 12.9. The summed E-state index contributed by atoms with van der Waals surface area (Å²) in [5.74, 6) is 0.275. The Morgan fingerprint density at radius 1 is 0.861 bits per heavy atom. The second-order valence-corrected chi connectivity index (χ2v) is 9.65. The van der Waals surface area contributed by atoms with E-state index in [4.69, 9.17) is 4.74 Å². The van der Waals surface area contributed by atoms with Gasteiger partial charge in [0.25, 0.3) is 5.91 Å². The number of amides is 2. The van der Waals surface area contributed by atoms with Crippen LogP contribution in [0.4, 0.5) is 0 Å². The molecule has 5 heteroatoms. The zero-order valence-corrected chi connectivity index (χ0v) is 22.1. The molecule has 0 aliphatic rings. The molecule has 0 aliphatic carbocycles. The van der Waals surface area contributed by atoms with E-state index in [0.29, 0.717) is 18.7 Å². The number of carbonyl (C=O) groups excluding carboxylic acids is 2. The van der Waals surface area contributed by atoms with Crippen molar-refractivity contribution >= 4 is 11.8 Å². The van der Waals surface area contributed by atoms with Gasteiger partial charge in [-0.2, -0.15) is 0 Å². The van der Waals surface area contributed by atoms with Crippen LogP contribution >= 0.6 is 0 Å². The van der Waals surface area contributed by atoms with Crippen molar-refractivity contribution in [1.29, 1.82) is 0 Å². The third-order valence-electron chi connectivity index (χ3n) is 6.27. The minimum absolute atomic E-state index is 0.0122. The van der Waals surface area contributed by atoms with Gasteiger partial charge in [0.2, 0.25) is 5.91 Å². The molecule has 2 atom stereocenters. The Labute approximate surface area is 215 Å². The van der Waals surface area contributed by atoms with E-state index < -0.39 is 6.04 Å². The molecule has 0 radical (unpaired) electrons. The Morgan fingerprint density at radius 2 is 1.53 bits per heavy atom. The maximum Gasteiger partial charge on any atom is 0.261 e.